The van der Waals surface area contributed by atoms with E-state index in [4.69, 9.17) is 4.52 Å². The fourth-order valence-corrected chi connectivity index (χ4v) is 3.34. The second-order valence-corrected chi connectivity index (χ2v) is 6.11. The van der Waals surface area contributed by atoms with Crippen LogP contribution in [0.25, 0.3) is 10.8 Å². The Kier molecular flexibility index (Phi) is 4.97. The number of nitrogens with one attached hydrogen (secondary N) is 1. The van der Waals surface area contributed by atoms with Gasteiger partial charge >= 0.3 is 0 Å². The molecule has 0 amide bonds. The molecule has 1 fully saturated rings. The molecule has 1 aliphatic rings. The first-order chi connectivity index (χ1) is 8.74. The summed E-state index contributed by atoms with van der Waals surface area (Å²) in [5, 5.41) is 9.46. The zero-order valence-electron chi connectivity index (χ0n) is 10.3. The van der Waals surface area contributed by atoms with Crippen LogP contribution in [0.15, 0.2) is 20.4 Å². The normalized spacial score (nSPS) is 20.2. The van der Waals surface area contributed by atoms with Crippen LogP contribution in [-0.2, 0) is 0 Å². The Morgan fingerprint density at radius 2 is 2.42 bits per heavy atom. The number of halogens is 2. The molecule has 1 N–H and O–H groups in total. The smallest absolute Gasteiger partial charge is 0.268 e. The maximum Gasteiger partial charge on any atom is 0.268 e. The molecule has 0 aromatic carbocycles. The van der Waals surface area contributed by atoms with Crippen molar-refractivity contribution in [3.8, 4) is 10.8 Å². The first-order valence-electron chi connectivity index (χ1n) is 5.73. The summed E-state index contributed by atoms with van der Waals surface area (Å²) in [5.74, 6) is 1.35. The number of rotatable bonds is 2. The van der Waals surface area contributed by atoms with Gasteiger partial charge < -0.3 is 9.84 Å². The van der Waals surface area contributed by atoms with Crippen LogP contribution < -0.4 is 5.32 Å². The first kappa shape index (κ1) is 14.9. The van der Waals surface area contributed by atoms with Crippen molar-refractivity contribution >= 4 is 39.7 Å². The number of likely N-dealkylation sites (N-methyl/N-ethyl adjacent to an activating group) is 1. The van der Waals surface area contributed by atoms with Crippen LogP contribution in [0.3, 0.4) is 0 Å². The number of hydrogen-bond acceptors (Lipinski definition) is 6. The van der Waals surface area contributed by atoms with Gasteiger partial charge in [0.15, 0.2) is 5.82 Å². The van der Waals surface area contributed by atoms with Gasteiger partial charge in [-0.25, -0.2) is 0 Å². The summed E-state index contributed by atoms with van der Waals surface area (Å²) < 4.78 is 6.38. The number of thiophene rings is 1. The van der Waals surface area contributed by atoms with Gasteiger partial charge in [-0.2, -0.15) is 4.98 Å². The Hall–Kier alpha value is -0.470. The van der Waals surface area contributed by atoms with Crippen molar-refractivity contribution in [3.63, 3.8) is 0 Å². The van der Waals surface area contributed by atoms with Crippen molar-refractivity contribution < 1.29 is 4.52 Å². The van der Waals surface area contributed by atoms with E-state index < -0.39 is 0 Å². The van der Waals surface area contributed by atoms with E-state index in [9.17, 15) is 0 Å². The number of hydrogen-bond donors (Lipinski definition) is 1. The van der Waals surface area contributed by atoms with E-state index >= 15 is 0 Å². The van der Waals surface area contributed by atoms with Crippen LogP contribution in [0.4, 0.5) is 0 Å². The van der Waals surface area contributed by atoms with E-state index in [0.717, 1.165) is 34.8 Å². The zero-order chi connectivity index (χ0) is 12.5. The summed E-state index contributed by atoms with van der Waals surface area (Å²) in [6.07, 6.45) is 0. The average Bonchev–Trinajstić information content (AvgIpc) is 2.98. The van der Waals surface area contributed by atoms with E-state index in [1.807, 2.05) is 11.4 Å². The highest BCUT2D eigenvalue weighted by Gasteiger charge is 2.25. The van der Waals surface area contributed by atoms with E-state index in [2.05, 4.69) is 43.3 Å². The van der Waals surface area contributed by atoms with E-state index in [0.29, 0.717) is 5.89 Å². The highest BCUT2D eigenvalue weighted by atomic mass is 79.9. The van der Waals surface area contributed by atoms with Gasteiger partial charge in [-0.15, -0.1) is 23.7 Å². The topological polar surface area (TPSA) is 54.2 Å². The lowest BCUT2D eigenvalue weighted by Crippen LogP contribution is -2.44. The standard InChI is InChI=1S/C11H13BrN4OS.ClH/c1-16-3-2-13-5-8(16)10-14-11(17-15-10)9-4-7(12)6-18-9;/h4,6,8,13H,2-3,5H2,1H3;1H. The Morgan fingerprint density at radius 3 is 3.11 bits per heavy atom. The molecule has 19 heavy (non-hydrogen) atoms. The van der Waals surface area contributed by atoms with Gasteiger partial charge in [0.25, 0.3) is 5.89 Å². The molecule has 0 aliphatic carbocycles. The predicted molar refractivity (Wildman–Crippen MR) is 80.8 cm³/mol. The molecule has 1 atom stereocenters. The van der Waals surface area contributed by atoms with Crippen molar-refractivity contribution in [2.75, 3.05) is 26.7 Å². The molecule has 5 nitrogen and oxygen atoms in total. The largest absolute Gasteiger partial charge is 0.333 e. The van der Waals surface area contributed by atoms with Crippen LogP contribution in [-0.4, -0.2) is 41.7 Å². The quantitative estimate of drug-likeness (QED) is 0.886. The molecular formula is C11H14BrClN4OS. The molecule has 0 spiro atoms. The summed E-state index contributed by atoms with van der Waals surface area (Å²) in [6.45, 7) is 2.87. The van der Waals surface area contributed by atoms with E-state index in [1.54, 1.807) is 11.3 Å². The molecule has 104 valence electrons. The third-order valence-electron chi connectivity index (χ3n) is 3.03. The Bertz CT molecular complexity index is 546. The van der Waals surface area contributed by atoms with Crippen LogP contribution in [0, 0.1) is 0 Å². The van der Waals surface area contributed by atoms with Gasteiger partial charge in [-0.3, -0.25) is 4.90 Å². The molecule has 1 aliphatic heterocycles. The summed E-state index contributed by atoms with van der Waals surface area (Å²) >= 11 is 5.02. The van der Waals surface area contributed by atoms with Crippen LogP contribution in [0.1, 0.15) is 11.9 Å². The number of aromatic nitrogens is 2. The molecular weight excluding hydrogens is 352 g/mol. The third-order valence-corrected chi connectivity index (χ3v) is 4.71. The minimum absolute atomic E-state index is 0. The lowest BCUT2D eigenvalue weighted by molar-refractivity contribution is 0.190. The summed E-state index contributed by atoms with van der Waals surface area (Å²) in [4.78, 5) is 7.74. The molecule has 3 heterocycles. The van der Waals surface area contributed by atoms with Crippen molar-refractivity contribution in [1.29, 1.82) is 0 Å². The molecule has 8 heteroatoms. The molecule has 2 aromatic rings. The van der Waals surface area contributed by atoms with Gasteiger partial charge in [0.2, 0.25) is 0 Å². The molecule has 2 aromatic heterocycles. The maximum absolute atomic E-state index is 5.34. The average molecular weight is 366 g/mol. The predicted octanol–water partition coefficient (Wildman–Crippen LogP) is 2.56. The van der Waals surface area contributed by atoms with Gasteiger partial charge in [0.1, 0.15) is 0 Å². The first-order valence-corrected chi connectivity index (χ1v) is 7.40. The molecule has 0 saturated carbocycles. The van der Waals surface area contributed by atoms with Crippen LogP contribution >= 0.6 is 39.7 Å². The van der Waals surface area contributed by atoms with Crippen molar-refractivity contribution in [2.24, 2.45) is 0 Å². The Morgan fingerprint density at radius 1 is 1.58 bits per heavy atom. The second kappa shape index (κ2) is 6.32. The zero-order valence-corrected chi connectivity index (χ0v) is 13.5. The van der Waals surface area contributed by atoms with Crippen molar-refractivity contribution in [3.05, 3.63) is 21.7 Å². The minimum Gasteiger partial charge on any atom is -0.333 e. The monoisotopic (exact) mass is 364 g/mol. The lowest BCUT2D eigenvalue weighted by atomic mass is 10.2. The number of nitrogens with zero attached hydrogens (tertiary/aromatic N) is 3. The number of piperazine rings is 1. The Balaban J connectivity index is 0.00000133. The van der Waals surface area contributed by atoms with E-state index in [1.165, 1.54) is 0 Å². The third kappa shape index (κ3) is 3.17. The van der Waals surface area contributed by atoms with Crippen molar-refractivity contribution in [2.45, 2.75) is 6.04 Å². The molecule has 1 unspecified atom stereocenters. The molecule has 3 rings (SSSR count). The molecule has 0 bridgehead atoms. The van der Waals surface area contributed by atoms with Gasteiger partial charge in [0.05, 0.1) is 10.9 Å². The van der Waals surface area contributed by atoms with Gasteiger partial charge in [0, 0.05) is 29.5 Å². The molecule has 1 saturated heterocycles. The van der Waals surface area contributed by atoms with Crippen LogP contribution in [0.5, 0.6) is 0 Å². The highest BCUT2D eigenvalue weighted by Crippen LogP contribution is 2.29. The summed E-state index contributed by atoms with van der Waals surface area (Å²) in [6, 6.07) is 2.18. The van der Waals surface area contributed by atoms with Gasteiger partial charge in [-0.1, -0.05) is 5.16 Å². The second-order valence-electron chi connectivity index (χ2n) is 4.29. The van der Waals surface area contributed by atoms with E-state index in [-0.39, 0.29) is 18.4 Å². The fourth-order valence-electron chi connectivity index (χ4n) is 1.99. The minimum atomic E-state index is 0. The summed E-state index contributed by atoms with van der Waals surface area (Å²) in [5.41, 5.74) is 0. The van der Waals surface area contributed by atoms with Crippen molar-refractivity contribution in [1.82, 2.24) is 20.4 Å². The van der Waals surface area contributed by atoms with Gasteiger partial charge in [-0.05, 0) is 29.0 Å². The SMILES string of the molecule is CN1CCNCC1c1noc(-c2cc(Br)cs2)n1.Cl. The lowest BCUT2D eigenvalue weighted by Gasteiger charge is -2.30. The van der Waals surface area contributed by atoms with Crippen LogP contribution in [0.2, 0.25) is 0 Å². The maximum atomic E-state index is 5.34. The summed E-state index contributed by atoms with van der Waals surface area (Å²) in [7, 11) is 2.09. The highest BCUT2D eigenvalue weighted by molar-refractivity contribution is 9.10. The molecule has 0 radical (unpaired) electrons. The fraction of sp³-hybridized carbons (Fsp3) is 0.455. The Labute approximate surface area is 129 Å².